The average molecular weight is 822 g/mol. The molecule has 0 saturated carbocycles. The highest BCUT2D eigenvalue weighted by atomic mass is 32.2. The number of nitrogens with one attached hydrogen (secondary N) is 1. The molecule has 0 unspecified atom stereocenters. The molecule has 302 valence electrons. The first-order valence-corrected chi connectivity index (χ1v) is 21.7. The minimum atomic E-state index is -4.83. The second kappa shape index (κ2) is 18.3. The molecule has 0 atom stereocenters. The minimum Gasteiger partial charge on any atom is -0.495 e. The molecule has 0 aromatic heterocycles. The van der Waals surface area contributed by atoms with Crippen LogP contribution < -0.4 is 19.9 Å². The van der Waals surface area contributed by atoms with Gasteiger partial charge in [-0.15, -0.1) is 0 Å². The van der Waals surface area contributed by atoms with Crippen molar-refractivity contribution in [3.05, 3.63) is 173 Å². The molecule has 6 rings (SSSR count). The Hall–Kier alpha value is -5.70. The van der Waals surface area contributed by atoms with E-state index in [2.05, 4.69) is 53.2 Å². The molecule has 0 saturated heterocycles. The quantitative estimate of drug-likeness (QED) is 0.0516. The van der Waals surface area contributed by atoms with Crippen molar-refractivity contribution in [2.75, 3.05) is 35.3 Å². The van der Waals surface area contributed by atoms with Gasteiger partial charge in [-0.25, -0.2) is 0 Å². The smallest absolute Gasteiger partial charge is 0.298 e. The summed E-state index contributed by atoms with van der Waals surface area (Å²) < 4.78 is 76.2. The lowest BCUT2D eigenvalue weighted by Gasteiger charge is -2.27. The third-order valence-electron chi connectivity index (χ3n) is 10.1. The van der Waals surface area contributed by atoms with E-state index in [1.807, 2.05) is 84.9 Å². The van der Waals surface area contributed by atoms with Crippen LogP contribution in [0, 0.1) is 0 Å². The summed E-state index contributed by atoms with van der Waals surface area (Å²) in [7, 11) is -8.29. The van der Waals surface area contributed by atoms with Gasteiger partial charge in [0.2, 0.25) is 0 Å². The summed E-state index contributed by atoms with van der Waals surface area (Å²) in [5.41, 5.74) is 6.74. The number of hydrogen-bond donors (Lipinski definition) is 4. The lowest BCUT2D eigenvalue weighted by atomic mass is 9.84. The van der Waals surface area contributed by atoms with Crippen LogP contribution in [-0.2, 0) is 39.9 Å². The number of methoxy groups -OCH3 is 1. The summed E-state index contributed by atoms with van der Waals surface area (Å²) >= 11 is 0. The first-order valence-electron chi connectivity index (χ1n) is 18.8. The summed E-state index contributed by atoms with van der Waals surface area (Å²) in [6.45, 7) is 6.52. The van der Waals surface area contributed by atoms with Crippen LogP contribution in [0.2, 0.25) is 0 Å². The Labute approximate surface area is 340 Å². The van der Waals surface area contributed by atoms with E-state index in [1.165, 1.54) is 30.4 Å². The monoisotopic (exact) mass is 821 g/mol. The predicted octanol–water partition coefficient (Wildman–Crippen LogP) is 8.66. The van der Waals surface area contributed by atoms with Gasteiger partial charge in [-0.2, -0.15) is 16.8 Å². The van der Waals surface area contributed by atoms with Gasteiger partial charge in [-0.1, -0.05) is 91.0 Å². The molecular formula is C45H47N3O8S2. The fraction of sp³-hybridized carbons (Fsp3) is 0.200. The minimum absolute atomic E-state index is 0.0886. The molecule has 0 aliphatic heterocycles. The van der Waals surface area contributed by atoms with Crippen LogP contribution in [0.4, 0.5) is 22.7 Å². The van der Waals surface area contributed by atoms with E-state index in [-0.39, 0.29) is 27.6 Å². The largest absolute Gasteiger partial charge is 0.495 e. The van der Waals surface area contributed by atoms with Gasteiger partial charge in [0.05, 0.1) is 13.7 Å². The predicted molar refractivity (Wildman–Crippen MR) is 228 cm³/mol. The van der Waals surface area contributed by atoms with Crippen molar-refractivity contribution in [2.24, 2.45) is 0 Å². The Morgan fingerprint density at radius 2 is 1.10 bits per heavy atom. The zero-order valence-corrected chi connectivity index (χ0v) is 34.1. The molecule has 0 aliphatic carbocycles. The molecule has 0 heterocycles. The van der Waals surface area contributed by atoms with Gasteiger partial charge in [0.1, 0.15) is 15.5 Å². The first-order chi connectivity index (χ1) is 27.8. The van der Waals surface area contributed by atoms with Crippen molar-refractivity contribution >= 4 is 43.0 Å². The van der Waals surface area contributed by atoms with E-state index in [0.717, 1.165) is 41.7 Å². The van der Waals surface area contributed by atoms with Crippen LogP contribution >= 0.6 is 0 Å². The van der Waals surface area contributed by atoms with Gasteiger partial charge in [-0.05, 0) is 84.1 Å². The van der Waals surface area contributed by atoms with Crippen LogP contribution in [0.15, 0.2) is 149 Å². The fourth-order valence-corrected chi connectivity index (χ4v) is 8.57. The lowest BCUT2D eigenvalue weighted by molar-refractivity contribution is 0.282. The standard InChI is InChI=1S/C45H47N3O8S2/c1-4-47(29-32-12-8-6-9-13-32)38-21-16-34(17-22-38)45(35-18-23-39(24-19-35)48(5-2)30-33-14-10-7-11-15-33)40-25-20-37(27-43(40)57(50,51)52)46-41-28-42(56-3)44(58(53,54)55)26-36(41)31-49/h6-28,45-46,49H,4-5,29-31H2,1-3H3,(H,50,51,52)(H,53,54,55). The summed E-state index contributed by atoms with van der Waals surface area (Å²) in [5, 5.41) is 13.1. The van der Waals surface area contributed by atoms with Gasteiger partial charge in [0.25, 0.3) is 20.2 Å². The van der Waals surface area contributed by atoms with E-state index in [9.17, 15) is 31.0 Å². The zero-order chi connectivity index (χ0) is 41.5. The Morgan fingerprint density at radius 3 is 1.52 bits per heavy atom. The summed E-state index contributed by atoms with van der Waals surface area (Å²) in [6, 6.07) is 43.3. The number of nitrogens with zero attached hydrogens (tertiary/aromatic N) is 2. The Kier molecular flexibility index (Phi) is 13.2. The van der Waals surface area contributed by atoms with Crippen molar-refractivity contribution in [1.29, 1.82) is 0 Å². The average Bonchev–Trinajstić information content (AvgIpc) is 3.23. The highest BCUT2D eigenvalue weighted by Crippen LogP contribution is 2.40. The van der Waals surface area contributed by atoms with Gasteiger partial charge in [0, 0.05) is 66.5 Å². The molecule has 6 aromatic carbocycles. The second-order valence-electron chi connectivity index (χ2n) is 13.8. The van der Waals surface area contributed by atoms with Crippen LogP contribution in [-0.4, -0.2) is 51.2 Å². The molecule has 58 heavy (non-hydrogen) atoms. The van der Waals surface area contributed by atoms with Crippen molar-refractivity contribution in [2.45, 2.75) is 49.3 Å². The Morgan fingerprint density at radius 1 is 0.621 bits per heavy atom. The maximum absolute atomic E-state index is 13.3. The Balaban J connectivity index is 1.43. The van der Waals surface area contributed by atoms with Gasteiger partial charge >= 0.3 is 0 Å². The topological polar surface area (TPSA) is 157 Å². The number of aliphatic hydroxyl groups excluding tert-OH is 1. The van der Waals surface area contributed by atoms with Gasteiger partial charge < -0.3 is 25.0 Å². The van der Waals surface area contributed by atoms with Crippen molar-refractivity contribution in [3.8, 4) is 5.75 Å². The molecule has 4 N–H and O–H groups in total. The normalized spacial score (nSPS) is 11.7. The van der Waals surface area contributed by atoms with Crippen LogP contribution in [0.3, 0.4) is 0 Å². The van der Waals surface area contributed by atoms with Crippen LogP contribution in [0.25, 0.3) is 0 Å². The van der Waals surface area contributed by atoms with Crippen molar-refractivity contribution in [3.63, 3.8) is 0 Å². The van der Waals surface area contributed by atoms with Crippen LogP contribution in [0.5, 0.6) is 5.75 Å². The molecule has 11 nitrogen and oxygen atoms in total. The molecule has 0 fully saturated rings. The van der Waals surface area contributed by atoms with E-state index >= 15 is 0 Å². The summed E-state index contributed by atoms with van der Waals surface area (Å²) in [4.78, 5) is 3.61. The van der Waals surface area contributed by atoms with E-state index in [4.69, 9.17) is 4.74 Å². The Bertz CT molecular complexity index is 2440. The van der Waals surface area contributed by atoms with Crippen LogP contribution in [0.1, 0.15) is 53.1 Å². The molecule has 6 aromatic rings. The second-order valence-corrected chi connectivity index (χ2v) is 16.5. The van der Waals surface area contributed by atoms with E-state index < -0.39 is 37.7 Å². The molecule has 0 aliphatic rings. The number of rotatable bonds is 17. The summed E-state index contributed by atoms with van der Waals surface area (Å²) in [5.74, 6) is -0.832. The number of benzene rings is 6. The third kappa shape index (κ3) is 9.87. The maximum atomic E-state index is 13.3. The molecular weight excluding hydrogens is 775 g/mol. The maximum Gasteiger partial charge on any atom is 0.298 e. The zero-order valence-electron chi connectivity index (χ0n) is 32.5. The molecule has 0 amide bonds. The number of aliphatic hydroxyl groups is 1. The third-order valence-corrected chi connectivity index (χ3v) is 11.9. The van der Waals surface area contributed by atoms with Crippen molar-refractivity contribution < 1.29 is 35.8 Å². The van der Waals surface area contributed by atoms with E-state index in [1.54, 1.807) is 12.1 Å². The molecule has 0 bridgehead atoms. The SMILES string of the molecule is CCN(Cc1ccccc1)c1ccc(C(c2ccc(N(CC)Cc3ccccc3)cc2)c2ccc(Nc3cc(OC)c(S(=O)(=O)O)cc3CO)cc2S(=O)(=O)O)cc1. The number of anilines is 4. The highest BCUT2D eigenvalue weighted by Gasteiger charge is 2.27. The first kappa shape index (κ1) is 41.9. The summed E-state index contributed by atoms with van der Waals surface area (Å²) in [6.07, 6.45) is 0. The molecule has 13 heteroatoms. The van der Waals surface area contributed by atoms with E-state index in [0.29, 0.717) is 18.7 Å². The highest BCUT2D eigenvalue weighted by molar-refractivity contribution is 7.86. The van der Waals surface area contributed by atoms with Gasteiger partial charge in [-0.3, -0.25) is 9.11 Å². The van der Waals surface area contributed by atoms with Gasteiger partial charge in [0.15, 0.2) is 0 Å². The molecule has 0 radical (unpaired) electrons. The number of ether oxygens (including phenoxy) is 1. The lowest BCUT2D eigenvalue weighted by Crippen LogP contribution is -2.22. The number of hydrogen-bond acceptors (Lipinski definition) is 9. The van der Waals surface area contributed by atoms with Crippen molar-refractivity contribution in [1.82, 2.24) is 0 Å². The fourth-order valence-electron chi connectivity index (χ4n) is 7.13. The molecule has 0 spiro atoms.